The topological polar surface area (TPSA) is 91.4 Å². The lowest BCUT2D eigenvalue weighted by Crippen LogP contribution is -2.42. The van der Waals surface area contributed by atoms with Gasteiger partial charge in [0.25, 0.3) is 5.91 Å². The summed E-state index contributed by atoms with van der Waals surface area (Å²) in [6.07, 6.45) is 0.135. The van der Waals surface area contributed by atoms with Crippen LogP contribution in [-0.4, -0.2) is 46.2 Å². The summed E-state index contributed by atoms with van der Waals surface area (Å²) in [7, 11) is 0. The average Bonchev–Trinajstić information content (AvgIpc) is 3.04. The van der Waals surface area contributed by atoms with Gasteiger partial charge in [-0.05, 0) is 45.9 Å². The van der Waals surface area contributed by atoms with Gasteiger partial charge in [-0.2, -0.15) is 0 Å². The third-order valence-electron chi connectivity index (χ3n) is 3.95. The third kappa shape index (κ3) is 6.97. The number of thiazole rings is 1. The molecule has 3 amide bonds. The lowest BCUT2D eigenvalue weighted by Gasteiger charge is -2.26. The molecule has 0 fully saturated rings. The molecule has 162 valence electrons. The number of hydrogen-bond acceptors (Lipinski definition) is 5. The molecule has 2 aromatic rings. The highest BCUT2D eigenvalue weighted by molar-refractivity contribution is 7.13. The van der Waals surface area contributed by atoms with Crippen LogP contribution in [0.3, 0.4) is 0 Å². The van der Waals surface area contributed by atoms with Crippen molar-refractivity contribution in [1.29, 1.82) is 0 Å². The molecule has 0 aliphatic rings. The van der Waals surface area contributed by atoms with Crippen LogP contribution >= 0.6 is 34.5 Å². The predicted molar refractivity (Wildman–Crippen MR) is 120 cm³/mol. The van der Waals surface area contributed by atoms with Crippen molar-refractivity contribution >= 4 is 57.4 Å². The molecule has 1 heterocycles. The van der Waals surface area contributed by atoms with Crippen LogP contribution in [0, 0.1) is 0 Å². The van der Waals surface area contributed by atoms with Crippen molar-refractivity contribution in [3.8, 4) is 0 Å². The van der Waals surface area contributed by atoms with Crippen molar-refractivity contribution in [1.82, 2.24) is 15.2 Å². The molecule has 7 nitrogen and oxygen atoms in total. The quantitative estimate of drug-likeness (QED) is 0.609. The molecule has 0 saturated carbocycles. The number of anilines is 1. The maximum absolute atomic E-state index is 12.9. The summed E-state index contributed by atoms with van der Waals surface area (Å²) in [5.41, 5.74) is 0.841. The predicted octanol–water partition coefficient (Wildman–Crippen LogP) is 4.01. The summed E-state index contributed by atoms with van der Waals surface area (Å²) in [5.74, 6) is -0.897. The van der Waals surface area contributed by atoms with Crippen molar-refractivity contribution in [2.75, 3.05) is 11.9 Å². The molecule has 0 radical (unpaired) electrons. The fourth-order valence-corrected chi connectivity index (χ4v) is 3.82. The zero-order valence-corrected chi connectivity index (χ0v) is 19.5. The molecule has 0 aliphatic carbocycles. The number of halogens is 2. The summed E-state index contributed by atoms with van der Waals surface area (Å²) in [6.45, 7) is 7.21. The van der Waals surface area contributed by atoms with Gasteiger partial charge in [0.1, 0.15) is 6.54 Å². The molecule has 0 bridgehead atoms. The van der Waals surface area contributed by atoms with E-state index in [0.717, 1.165) is 0 Å². The first kappa shape index (κ1) is 24.1. The van der Waals surface area contributed by atoms with E-state index in [2.05, 4.69) is 15.6 Å². The van der Waals surface area contributed by atoms with Crippen LogP contribution in [0.5, 0.6) is 0 Å². The van der Waals surface area contributed by atoms with Gasteiger partial charge in [0.05, 0.1) is 22.7 Å². The molecule has 10 heteroatoms. The Morgan fingerprint density at radius 1 is 1.13 bits per heavy atom. The molecular formula is C20H24Cl2N4O3S. The van der Waals surface area contributed by atoms with Crippen molar-refractivity contribution < 1.29 is 14.4 Å². The highest BCUT2D eigenvalue weighted by Gasteiger charge is 2.24. The molecule has 0 saturated heterocycles. The molecule has 30 heavy (non-hydrogen) atoms. The minimum absolute atomic E-state index is 0.0454. The van der Waals surface area contributed by atoms with Gasteiger partial charge >= 0.3 is 0 Å². The summed E-state index contributed by atoms with van der Waals surface area (Å²) in [4.78, 5) is 42.9. The Morgan fingerprint density at radius 3 is 2.43 bits per heavy atom. The molecule has 1 aromatic carbocycles. The SMILES string of the molecule is CC(C)NC(=O)Cc1csc(NC(=O)CN(C(=O)c2ccc(Cl)cc2Cl)C(C)C)n1. The number of carbonyl (C=O) groups is 3. The zero-order chi connectivity index (χ0) is 22.4. The Kier molecular flexibility index (Phi) is 8.64. The minimum atomic E-state index is -0.394. The van der Waals surface area contributed by atoms with Crippen LogP contribution in [0.15, 0.2) is 23.6 Å². The van der Waals surface area contributed by atoms with Gasteiger partial charge in [-0.3, -0.25) is 14.4 Å². The summed E-state index contributed by atoms with van der Waals surface area (Å²) < 4.78 is 0. The van der Waals surface area contributed by atoms with E-state index in [4.69, 9.17) is 23.2 Å². The number of aromatic nitrogens is 1. The number of nitrogens with zero attached hydrogens (tertiary/aromatic N) is 2. The first-order valence-corrected chi connectivity index (χ1v) is 11.0. The fourth-order valence-electron chi connectivity index (χ4n) is 2.60. The third-order valence-corrected chi connectivity index (χ3v) is 5.30. The zero-order valence-electron chi connectivity index (χ0n) is 17.2. The number of carbonyl (C=O) groups excluding carboxylic acids is 3. The van der Waals surface area contributed by atoms with Gasteiger partial charge < -0.3 is 15.5 Å². The van der Waals surface area contributed by atoms with Gasteiger partial charge in [0.15, 0.2) is 5.13 Å². The maximum Gasteiger partial charge on any atom is 0.256 e. The standard InChI is InChI=1S/C20H24Cl2N4O3S/c1-11(2)23-17(27)8-14-10-30-20(24-14)25-18(28)9-26(12(3)4)19(29)15-6-5-13(21)7-16(15)22/h5-7,10-12H,8-9H2,1-4H3,(H,23,27)(H,24,25,28). The second kappa shape index (κ2) is 10.7. The van der Waals surface area contributed by atoms with Crippen LogP contribution in [0.1, 0.15) is 43.7 Å². The van der Waals surface area contributed by atoms with E-state index in [1.807, 2.05) is 27.7 Å². The highest BCUT2D eigenvalue weighted by Crippen LogP contribution is 2.23. The Labute approximate surface area is 189 Å². The number of benzene rings is 1. The van der Waals surface area contributed by atoms with Crippen molar-refractivity contribution in [2.45, 2.75) is 46.2 Å². The van der Waals surface area contributed by atoms with E-state index in [1.54, 1.807) is 11.4 Å². The van der Waals surface area contributed by atoms with Gasteiger partial charge in [-0.1, -0.05) is 23.2 Å². The number of amides is 3. The normalized spacial score (nSPS) is 10.9. The van der Waals surface area contributed by atoms with Crippen LogP contribution in [0.4, 0.5) is 5.13 Å². The monoisotopic (exact) mass is 470 g/mol. The fraction of sp³-hybridized carbons (Fsp3) is 0.400. The summed E-state index contributed by atoms with van der Waals surface area (Å²) in [6, 6.07) is 4.41. The van der Waals surface area contributed by atoms with E-state index >= 15 is 0 Å². The number of hydrogen-bond donors (Lipinski definition) is 2. The first-order chi connectivity index (χ1) is 14.1. The Morgan fingerprint density at radius 2 is 1.83 bits per heavy atom. The summed E-state index contributed by atoms with van der Waals surface area (Å²) >= 11 is 13.3. The molecule has 1 aromatic heterocycles. The number of rotatable bonds is 8. The van der Waals surface area contributed by atoms with Crippen molar-refractivity contribution in [2.24, 2.45) is 0 Å². The van der Waals surface area contributed by atoms with Crippen LogP contribution in [0.25, 0.3) is 0 Å². The van der Waals surface area contributed by atoms with Crippen LogP contribution in [0.2, 0.25) is 10.0 Å². The van der Waals surface area contributed by atoms with Gasteiger partial charge in [-0.25, -0.2) is 4.98 Å². The molecule has 0 unspecified atom stereocenters. The molecule has 2 N–H and O–H groups in total. The average molecular weight is 471 g/mol. The molecule has 2 rings (SSSR count). The molecule has 0 spiro atoms. The smallest absolute Gasteiger partial charge is 0.256 e. The Bertz CT molecular complexity index is 931. The van der Waals surface area contributed by atoms with Gasteiger partial charge in [0.2, 0.25) is 11.8 Å². The van der Waals surface area contributed by atoms with E-state index in [1.165, 1.54) is 28.4 Å². The summed E-state index contributed by atoms with van der Waals surface area (Å²) in [5, 5.41) is 8.20. The van der Waals surface area contributed by atoms with Crippen molar-refractivity contribution in [3.63, 3.8) is 0 Å². The van der Waals surface area contributed by atoms with Crippen molar-refractivity contribution in [3.05, 3.63) is 44.9 Å². The van der Waals surface area contributed by atoms with Crippen LogP contribution < -0.4 is 10.6 Å². The van der Waals surface area contributed by atoms with Gasteiger partial charge in [0, 0.05) is 22.5 Å². The molecule has 0 atom stereocenters. The molecule has 0 aliphatic heterocycles. The van der Waals surface area contributed by atoms with Gasteiger partial charge in [-0.15, -0.1) is 11.3 Å². The lowest BCUT2D eigenvalue weighted by molar-refractivity contribution is -0.121. The van der Waals surface area contributed by atoms with Crippen LogP contribution in [-0.2, 0) is 16.0 Å². The first-order valence-electron chi connectivity index (χ1n) is 9.36. The largest absolute Gasteiger partial charge is 0.354 e. The van der Waals surface area contributed by atoms with E-state index in [0.29, 0.717) is 15.8 Å². The minimum Gasteiger partial charge on any atom is -0.354 e. The Balaban J connectivity index is 2.02. The second-order valence-corrected chi connectivity index (χ2v) is 8.94. The molecular weight excluding hydrogens is 447 g/mol. The lowest BCUT2D eigenvalue weighted by atomic mass is 10.1. The van der Waals surface area contributed by atoms with E-state index in [-0.39, 0.29) is 47.4 Å². The maximum atomic E-state index is 12.9. The Hall–Kier alpha value is -2.16. The van der Waals surface area contributed by atoms with E-state index in [9.17, 15) is 14.4 Å². The second-order valence-electron chi connectivity index (χ2n) is 7.24. The van der Waals surface area contributed by atoms with E-state index < -0.39 is 5.91 Å². The number of nitrogens with one attached hydrogen (secondary N) is 2. The highest BCUT2D eigenvalue weighted by atomic mass is 35.5.